The minimum absolute atomic E-state index is 0.0521. The lowest BCUT2D eigenvalue weighted by molar-refractivity contribution is 0.102. The van der Waals surface area contributed by atoms with Crippen molar-refractivity contribution in [3.8, 4) is 0 Å². The minimum atomic E-state index is -0.996. The summed E-state index contributed by atoms with van der Waals surface area (Å²) in [6.07, 6.45) is 0. The molecule has 1 N–H and O–H groups in total. The highest BCUT2D eigenvalue weighted by Crippen LogP contribution is 2.12. The molecule has 3 nitrogen and oxygen atoms in total. The predicted octanol–water partition coefficient (Wildman–Crippen LogP) is 2.75. The molecule has 0 fully saturated rings. The second-order valence-corrected chi connectivity index (χ2v) is 3.42. The Hall–Kier alpha value is -2.37. The molecule has 0 saturated heterocycles. The third kappa shape index (κ3) is 2.65. The van der Waals surface area contributed by atoms with Crippen LogP contribution in [0, 0.1) is 17.6 Å². The topological polar surface area (TPSA) is 42.0 Å². The first-order valence-electron chi connectivity index (χ1n) is 4.95. The van der Waals surface area contributed by atoms with Crippen LogP contribution in [-0.2, 0) is 0 Å². The Balaban J connectivity index is 2.22. The molecule has 0 atom stereocenters. The average molecular weight is 252 g/mol. The number of nitrogens with one attached hydrogen (secondary N) is 1. The van der Waals surface area contributed by atoms with Gasteiger partial charge in [0.1, 0.15) is 17.5 Å². The van der Waals surface area contributed by atoms with Gasteiger partial charge in [-0.25, -0.2) is 13.8 Å². The summed E-state index contributed by atoms with van der Waals surface area (Å²) in [5.41, 5.74) is -0.345. The summed E-state index contributed by atoms with van der Waals surface area (Å²) in [5.74, 6) is -3.43. The van der Waals surface area contributed by atoms with Crippen molar-refractivity contribution >= 4 is 11.7 Å². The fourth-order valence-electron chi connectivity index (χ4n) is 1.34. The van der Waals surface area contributed by atoms with E-state index in [0.717, 1.165) is 18.2 Å². The van der Waals surface area contributed by atoms with Gasteiger partial charge in [-0.15, -0.1) is 0 Å². The van der Waals surface area contributed by atoms with Gasteiger partial charge in [-0.2, -0.15) is 4.39 Å². The molecule has 92 valence electrons. The summed E-state index contributed by atoms with van der Waals surface area (Å²) in [7, 11) is 0. The largest absolute Gasteiger partial charge is 0.306 e. The normalized spacial score (nSPS) is 10.2. The quantitative estimate of drug-likeness (QED) is 0.835. The zero-order valence-electron chi connectivity index (χ0n) is 8.95. The van der Waals surface area contributed by atoms with Crippen LogP contribution in [0.15, 0.2) is 36.4 Å². The van der Waals surface area contributed by atoms with E-state index < -0.39 is 23.5 Å². The number of carbonyl (C=O) groups excluding carboxylic acids is 1. The highest BCUT2D eigenvalue weighted by atomic mass is 19.1. The second-order valence-electron chi connectivity index (χ2n) is 3.42. The van der Waals surface area contributed by atoms with E-state index in [1.807, 2.05) is 0 Å². The van der Waals surface area contributed by atoms with E-state index in [1.54, 1.807) is 0 Å². The van der Waals surface area contributed by atoms with Crippen LogP contribution in [0.2, 0.25) is 0 Å². The first-order chi connectivity index (χ1) is 8.56. The maximum atomic E-state index is 13.3. The fourth-order valence-corrected chi connectivity index (χ4v) is 1.34. The molecular weight excluding hydrogens is 245 g/mol. The van der Waals surface area contributed by atoms with Crippen molar-refractivity contribution in [2.45, 2.75) is 0 Å². The Morgan fingerprint density at radius 1 is 1.11 bits per heavy atom. The Morgan fingerprint density at radius 2 is 1.89 bits per heavy atom. The molecule has 1 aromatic heterocycles. The van der Waals surface area contributed by atoms with Gasteiger partial charge >= 0.3 is 0 Å². The molecule has 0 aliphatic carbocycles. The maximum Gasteiger partial charge on any atom is 0.259 e. The molecule has 0 spiro atoms. The number of anilines is 1. The van der Waals surface area contributed by atoms with Crippen LogP contribution in [0.4, 0.5) is 19.0 Å². The third-order valence-electron chi connectivity index (χ3n) is 2.13. The lowest BCUT2D eigenvalue weighted by Gasteiger charge is -2.05. The van der Waals surface area contributed by atoms with E-state index in [1.165, 1.54) is 12.1 Å². The van der Waals surface area contributed by atoms with Gasteiger partial charge in [0.25, 0.3) is 5.91 Å². The zero-order chi connectivity index (χ0) is 13.1. The number of benzene rings is 1. The van der Waals surface area contributed by atoms with Gasteiger partial charge in [-0.1, -0.05) is 6.07 Å². The number of nitrogens with zero attached hydrogens (tertiary/aromatic N) is 1. The van der Waals surface area contributed by atoms with E-state index >= 15 is 0 Å². The average Bonchev–Trinajstić information content (AvgIpc) is 2.28. The van der Waals surface area contributed by atoms with Crippen LogP contribution in [0.1, 0.15) is 10.4 Å². The van der Waals surface area contributed by atoms with E-state index in [4.69, 9.17) is 0 Å². The van der Waals surface area contributed by atoms with Gasteiger partial charge in [0, 0.05) is 6.07 Å². The number of halogens is 3. The van der Waals surface area contributed by atoms with Crippen molar-refractivity contribution in [2.75, 3.05) is 5.32 Å². The van der Waals surface area contributed by atoms with Crippen LogP contribution in [-0.4, -0.2) is 10.9 Å². The summed E-state index contributed by atoms with van der Waals surface area (Å²) in [6.45, 7) is 0. The molecule has 0 bridgehead atoms. The second kappa shape index (κ2) is 4.87. The van der Waals surface area contributed by atoms with Crippen LogP contribution in [0.25, 0.3) is 0 Å². The lowest BCUT2D eigenvalue weighted by Crippen LogP contribution is -2.15. The third-order valence-corrected chi connectivity index (χ3v) is 2.13. The number of aromatic nitrogens is 1. The predicted molar refractivity (Wildman–Crippen MR) is 58.5 cm³/mol. The van der Waals surface area contributed by atoms with Crippen LogP contribution >= 0.6 is 0 Å². The van der Waals surface area contributed by atoms with Crippen molar-refractivity contribution < 1.29 is 18.0 Å². The highest BCUT2D eigenvalue weighted by Gasteiger charge is 2.13. The molecule has 1 amide bonds. The summed E-state index contributed by atoms with van der Waals surface area (Å²) < 4.78 is 38.7. The molecular formula is C12H7F3N2O. The van der Waals surface area contributed by atoms with E-state index in [-0.39, 0.29) is 11.4 Å². The van der Waals surface area contributed by atoms with Crippen molar-refractivity contribution in [2.24, 2.45) is 0 Å². The molecule has 0 saturated carbocycles. The summed E-state index contributed by atoms with van der Waals surface area (Å²) in [5, 5.41) is 2.21. The van der Waals surface area contributed by atoms with Crippen molar-refractivity contribution in [1.29, 1.82) is 0 Å². The first-order valence-corrected chi connectivity index (χ1v) is 4.95. The van der Waals surface area contributed by atoms with E-state index in [9.17, 15) is 18.0 Å². The van der Waals surface area contributed by atoms with Gasteiger partial charge in [0.15, 0.2) is 0 Å². The molecule has 2 rings (SSSR count). The minimum Gasteiger partial charge on any atom is -0.306 e. The summed E-state index contributed by atoms with van der Waals surface area (Å²) >= 11 is 0. The Bertz CT molecular complexity index is 602. The lowest BCUT2D eigenvalue weighted by atomic mass is 10.2. The van der Waals surface area contributed by atoms with Gasteiger partial charge < -0.3 is 5.32 Å². The maximum absolute atomic E-state index is 13.3. The summed E-state index contributed by atoms with van der Waals surface area (Å²) in [6, 6.07) is 6.35. The van der Waals surface area contributed by atoms with E-state index in [0.29, 0.717) is 6.07 Å². The fraction of sp³-hybridized carbons (Fsp3) is 0. The van der Waals surface area contributed by atoms with Crippen LogP contribution in [0.3, 0.4) is 0 Å². The molecule has 0 aliphatic rings. The zero-order valence-corrected chi connectivity index (χ0v) is 8.95. The standard InChI is InChI=1S/C12H7F3N2O/c13-7-4-5-8(9(14)6-7)12(18)17-11-3-1-2-10(15)16-11/h1-6H,(H,16,17,18). The molecule has 0 unspecified atom stereocenters. The molecule has 2 aromatic rings. The van der Waals surface area contributed by atoms with Crippen LogP contribution in [0.5, 0.6) is 0 Å². The smallest absolute Gasteiger partial charge is 0.259 e. The number of amides is 1. The van der Waals surface area contributed by atoms with Gasteiger partial charge in [0.05, 0.1) is 5.56 Å². The van der Waals surface area contributed by atoms with Gasteiger partial charge in [-0.05, 0) is 24.3 Å². The number of hydrogen-bond donors (Lipinski definition) is 1. The van der Waals surface area contributed by atoms with Crippen molar-refractivity contribution in [1.82, 2.24) is 4.98 Å². The highest BCUT2D eigenvalue weighted by molar-refractivity contribution is 6.03. The Labute approximate surface area is 100 Å². The van der Waals surface area contributed by atoms with Gasteiger partial charge in [0.2, 0.25) is 5.95 Å². The molecule has 6 heteroatoms. The van der Waals surface area contributed by atoms with Crippen LogP contribution < -0.4 is 5.32 Å². The molecule has 18 heavy (non-hydrogen) atoms. The Morgan fingerprint density at radius 3 is 2.56 bits per heavy atom. The Kier molecular flexibility index (Phi) is 3.27. The first kappa shape index (κ1) is 12.1. The molecule has 0 aliphatic heterocycles. The van der Waals surface area contributed by atoms with Crippen molar-refractivity contribution in [3.63, 3.8) is 0 Å². The monoisotopic (exact) mass is 252 g/mol. The van der Waals surface area contributed by atoms with Crippen molar-refractivity contribution in [3.05, 3.63) is 59.5 Å². The number of pyridine rings is 1. The molecule has 1 aromatic carbocycles. The van der Waals surface area contributed by atoms with Gasteiger partial charge in [-0.3, -0.25) is 4.79 Å². The SMILES string of the molecule is O=C(Nc1cccc(F)n1)c1ccc(F)cc1F. The number of hydrogen-bond acceptors (Lipinski definition) is 2. The number of carbonyl (C=O) groups is 1. The number of rotatable bonds is 2. The molecule has 1 heterocycles. The van der Waals surface area contributed by atoms with E-state index in [2.05, 4.69) is 10.3 Å². The molecule has 0 radical (unpaired) electrons. The summed E-state index contributed by atoms with van der Waals surface area (Å²) in [4.78, 5) is 15.0.